The van der Waals surface area contributed by atoms with Crippen LogP contribution >= 0.6 is 11.6 Å². The second-order valence-corrected chi connectivity index (χ2v) is 16.2. The van der Waals surface area contributed by atoms with E-state index in [1.54, 1.807) is 29.2 Å². The molecule has 4 heterocycles. The van der Waals surface area contributed by atoms with Crippen molar-refractivity contribution in [2.75, 3.05) is 64.7 Å². The van der Waals surface area contributed by atoms with Gasteiger partial charge in [-0.15, -0.1) is 0 Å². The van der Waals surface area contributed by atoms with E-state index in [0.29, 0.717) is 85.5 Å². The first-order chi connectivity index (χ1) is 27.0. The van der Waals surface area contributed by atoms with Crippen molar-refractivity contribution in [2.45, 2.75) is 82.8 Å². The third kappa shape index (κ3) is 9.56. The van der Waals surface area contributed by atoms with E-state index in [1.807, 2.05) is 12.1 Å². The highest BCUT2D eigenvalue weighted by atomic mass is 35.5. The predicted molar refractivity (Wildman–Crippen MR) is 218 cm³/mol. The third-order valence-corrected chi connectivity index (χ3v) is 12.1. The van der Waals surface area contributed by atoms with Crippen LogP contribution in [0.1, 0.15) is 79.4 Å². The number of likely N-dealkylation sites (N-methyl/N-ethyl adjacent to an activating group) is 1. The Bertz CT molecular complexity index is 2140. The Morgan fingerprint density at radius 2 is 1.68 bits per heavy atom. The van der Waals surface area contributed by atoms with Gasteiger partial charge in [0.15, 0.2) is 0 Å². The molecule has 0 saturated carbocycles. The highest BCUT2D eigenvalue weighted by Gasteiger charge is 2.34. The Balaban J connectivity index is 0.814. The van der Waals surface area contributed by atoms with Gasteiger partial charge in [-0.25, -0.2) is 4.98 Å². The zero-order valence-corrected chi connectivity index (χ0v) is 33.1. The number of carbonyl (C=O) groups excluding carboxylic acids is 3. The fourth-order valence-corrected chi connectivity index (χ4v) is 8.45. The predicted octanol–water partition coefficient (Wildman–Crippen LogP) is 4.40. The Kier molecular flexibility index (Phi) is 12.6. The average Bonchev–Trinajstić information content (AvgIpc) is 3.20. The maximum atomic E-state index is 13.4. The molecule has 56 heavy (non-hydrogen) atoms. The number of aryl methyl sites for hydroxylation is 1. The Hall–Kier alpha value is -4.43. The second kappa shape index (κ2) is 17.8. The van der Waals surface area contributed by atoms with E-state index in [4.69, 9.17) is 16.6 Å². The summed E-state index contributed by atoms with van der Waals surface area (Å²) in [5.41, 5.74) is 3.22. The topological polar surface area (TPSA) is 153 Å². The number of carbonyl (C=O) groups is 3. The fraction of sp³-hybridized carbons (Fsp3) is 0.524. The first-order valence-corrected chi connectivity index (χ1v) is 20.5. The molecular formula is C42H53ClN8O5. The Morgan fingerprint density at radius 1 is 0.893 bits per heavy atom. The van der Waals surface area contributed by atoms with Gasteiger partial charge in [0.25, 0.3) is 11.5 Å². The van der Waals surface area contributed by atoms with Crippen LogP contribution in [0.25, 0.3) is 21.8 Å². The maximum absolute atomic E-state index is 13.4. The van der Waals surface area contributed by atoms with Crippen molar-refractivity contribution in [1.29, 1.82) is 0 Å². The monoisotopic (exact) mass is 784 g/mol. The number of anilines is 1. The van der Waals surface area contributed by atoms with Crippen LogP contribution in [-0.2, 0) is 29.0 Å². The number of nitrogens with one attached hydrogen (secondary N) is 2. The molecule has 2 saturated heterocycles. The summed E-state index contributed by atoms with van der Waals surface area (Å²) in [5.74, 6) is -0.183. The molecule has 2 aromatic carbocycles. The van der Waals surface area contributed by atoms with Gasteiger partial charge >= 0.3 is 0 Å². The number of amides is 3. The lowest BCUT2D eigenvalue weighted by molar-refractivity contribution is -0.136. The summed E-state index contributed by atoms with van der Waals surface area (Å²) >= 11 is 6.75. The molecule has 0 unspecified atom stereocenters. The normalized spacial score (nSPS) is 17.5. The number of unbranched alkanes of at least 4 members (excludes halogenated alkanes) is 2. The molecule has 0 radical (unpaired) electrons. The largest absolute Gasteiger partial charge is 0.388 e. The fourth-order valence-electron chi connectivity index (χ4n) is 8.10. The van der Waals surface area contributed by atoms with Crippen LogP contribution in [0, 0.1) is 0 Å². The molecule has 0 atom stereocenters. The standard InChI is InChI=1S/C42H53ClN8O5/c1-48-21-23-49(24-22-48)18-14-37(52)46-30-11-12-32-36(26-30)45-28-51(41(32)55)27-42(56)15-19-50(20-16-42)38(53)9-3-2-6-17-44-40(54)29-10-13-35-33(25-29)39(43)31-7-4-5-8-34(31)47-35/h10-13,25-26,28,56H,2-9,14-24,27H2,1H3,(H,44,54)(H,46,52). The van der Waals surface area contributed by atoms with Crippen LogP contribution in [-0.4, -0.2) is 117 Å². The number of piperazine rings is 1. The van der Waals surface area contributed by atoms with Crippen LogP contribution in [0.4, 0.5) is 5.69 Å². The van der Waals surface area contributed by atoms with Crippen LogP contribution in [0.2, 0.25) is 5.02 Å². The molecule has 14 heteroatoms. The number of hydrogen-bond donors (Lipinski definition) is 3. The van der Waals surface area contributed by atoms with Crippen molar-refractivity contribution < 1.29 is 19.5 Å². The van der Waals surface area contributed by atoms with Gasteiger partial charge in [0.2, 0.25) is 11.8 Å². The van der Waals surface area contributed by atoms with Gasteiger partial charge in [0.1, 0.15) is 0 Å². The number of fused-ring (bicyclic) bond motifs is 3. The van der Waals surface area contributed by atoms with E-state index < -0.39 is 5.60 Å². The quantitative estimate of drug-likeness (QED) is 0.168. The summed E-state index contributed by atoms with van der Waals surface area (Å²) in [4.78, 5) is 67.5. The average molecular weight is 785 g/mol. The van der Waals surface area contributed by atoms with Crippen molar-refractivity contribution in [3.05, 3.63) is 74.9 Å². The molecular weight excluding hydrogens is 732 g/mol. The molecule has 0 bridgehead atoms. The van der Waals surface area contributed by atoms with Gasteiger partial charge in [-0.1, -0.05) is 18.0 Å². The Morgan fingerprint density at radius 3 is 2.48 bits per heavy atom. The lowest BCUT2D eigenvalue weighted by Crippen LogP contribution is -2.49. The van der Waals surface area contributed by atoms with Crippen LogP contribution in [0.3, 0.4) is 0 Å². The molecule has 1 aliphatic carbocycles. The second-order valence-electron chi connectivity index (χ2n) is 15.8. The number of hydrogen-bond acceptors (Lipinski definition) is 9. The number of aromatic nitrogens is 3. The smallest absolute Gasteiger partial charge is 0.261 e. The van der Waals surface area contributed by atoms with E-state index in [0.717, 1.165) is 86.9 Å². The minimum Gasteiger partial charge on any atom is -0.388 e. The minimum atomic E-state index is -1.14. The van der Waals surface area contributed by atoms with Crippen LogP contribution < -0.4 is 16.2 Å². The van der Waals surface area contributed by atoms with Crippen molar-refractivity contribution in [3.63, 3.8) is 0 Å². The maximum Gasteiger partial charge on any atom is 0.261 e. The molecule has 7 rings (SSSR count). The highest BCUT2D eigenvalue weighted by Crippen LogP contribution is 2.33. The zero-order valence-electron chi connectivity index (χ0n) is 32.3. The molecule has 298 valence electrons. The summed E-state index contributed by atoms with van der Waals surface area (Å²) in [5, 5.41) is 19.3. The molecule has 2 fully saturated rings. The van der Waals surface area contributed by atoms with E-state index in [1.165, 1.54) is 10.9 Å². The van der Waals surface area contributed by atoms with Gasteiger partial charge in [0, 0.05) is 87.5 Å². The summed E-state index contributed by atoms with van der Waals surface area (Å²) in [6.07, 6.45) is 9.30. The number of rotatable bonds is 13. The summed E-state index contributed by atoms with van der Waals surface area (Å²) in [7, 11) is 2.10. The minimum absolute atomic E-state index is 0.0479. The number of halogens is 1. The molecule has 13 nitrogen and oxygen atoms in total. The number of nitrogens with zero attached hydrogens (tertiary/aromatic N) is 6. The van der Waals surface area contributed by atoms with Gasteiger partial charge in [0.05, 0.1) is 39.9 Å². The van der Waals surface area contributed by atoms with Gasteiger partial charge in [-0.2, -0.15) is 0 Å². The van der Waals surface area contributed by atoms with E-state index in [2.05, 4.69) is 32.5 Å². The van der Waals surface area contributed by atoms with Crippen molar-refractivity contribution in [3.8, 4) is 0 Å². The van der Waals surface area contributed by atoms with Crippen molar-refractivity contribution in [2.24, 2.45) is 0 Å². The third-order valence-electron chi connectivity index (χ3n) is 11.7. The molecule has 3 N–H and O–H groups in total. The lowest BCUT2D eigenvalue weighted by Gasteiger charge is -2.38. The van der Waals surface area contributed by atoms with Gasteiger partial charge in [-0.05, 0) is 100 Å². The summed E-state index contributed by atoms with van der Waals surface area (Å²) in [6.45, 7) is 6.03. The SMILES string of the molecule is CN1CCN(CCC(=O)Nc2ccc3c(=O)n(CC4(O)CCN(C(=O)CCCCCNC(=O)c5ccc6nc7c(c(Cl)c6c5)CCCC7)CC4)cnc3c2)CC1. The Labute approximate surface area is 332 Å². The number of likely N-dealkylation sites (tertiary alicyclic amines) is 1. The van der Waals surface area contributed by atoms with Gasteiger partial charge < -0.3 is 30.4 Å². The number of piperidine rings is 1. The van der Waals surface area contributed by atoms with E-state index in [-0.39, 0.29) is 29.8 Å². The molecule has 3 aliphatic rings. The lowest BCUT2D eigenvalue weighted by atomic mass is 9.91. The number of pyridine rings is 1. The molecule has 3 amide bonds. The number of benzene rings is 2. The van der Waals surface area contributed by atoms with Crippen LogP contribution in [0.15, 0.2) is 47.5 Å². The zero-order chi connectivity index (χ0) is 39.2. The van der Waals surface area contributed by atoms with Crippen LogP contribution in [0.5, 0.6) is 0 Å². The molecule has 4 aromatic rings. The first kappa shape index (κ1) is 39.8. The van der Waals surface area contributed by atoms with E-state index in [9.17, 15) is 24.3 Å². The molecule has 2 aliphatic heterocycles. The van der Waals surface area contributed by atoms with Crippen molar-refractivity contribution >= 4 is 56.8 Å². The number of aliphatic hydroxyl groups is 1. The first-order valence-electron chi connectivity index (χ1n) is 20.1. The van der Waals surface area contributed by atoms with Crippen molar-refractivity contribution in [1.82, 2.24) is 34.6 Å². The summed E-state index contributed by atoms with van der Waals surface area (Å²) < 4.78 is 1.44. The summed E-state index contributed by atoms with van der Waals surface area (Å²) in [6, 6.07) is 10.6. The molecule has 0 spiro atoms. The molecule has 2 aromatic heterocycles. The highest BCUT2D eigenvalue weighted by molar-refractivity contribution is 6.36. The van der Waals surface area contributed by atoms with E-state index >= 15 is 0 Å². The van der Waals surface area contributed by atoms with Gasteiger partial charge in [-0.3, -0.25) is 28.7 Å².